The van der Waals surface area contributed by atoms with Crippen molar-refractivity contribution in [2.75, 3.05) is 23.7 Å². The van der Waals surface area contributed by atoms with Crippen molar-refractivity contribution >= 4 is 11.6 Å². The summed E-state index contributed by atoms with van der Waals surface area (Å²) in [5.74, 6) is 1.15. The molecule has 0 unspecified atom stereocenters. The maximum absolute atomic E-state index is 12.8. The van der Waals surface area contributed by atoms with E-state index in [1.807, 2.05) is 6.07 Å². The molecule has 0 aliphatic heterocycles. The van der Waals surface area contributed by atoms with Crippen LogP contribution in [0.4, 0.5) is 24.8 Å². The number of halogens is 3. The summed E-state index contributed by atoms with van der Waals surface area (Å²) in [5.41, 5.74) is -0.728. The Morgan fingerprint density at radius 3 is 2.48 bits per heavy atom. The van der Waals surface area contributed by atoms with Gasteiger partial charge in [-0.25, -0.2) is 4.98 Å². The van der Waals surface area contributed by atoms with Gasteiger partial charge in [0.05, 0.1) is 11.8 Å². The number of pyridine rings is 1. The highest BCUT2D eigenvalue weighted by Gasteiger charge is 2.31. The minimum atomic E-state index is -4.40. The Morgan fingerprint density at radius 2 is 1.90 bits per heavy atom. The number of rotatable bonds is 6. The number of hydrogen-bond donors (Lipinski definition) is 2. The third-order valence-electron chi connectivity index (χ3n) is 2.77. The third-order valence-corrected chi connectivity index (χ3v) is 2.77. The molecule has 114 valence electrons. The van der Waals surface area contributed by atoms with Crippen LogP contribution in [0.3, 0.4) is 0 Å². The zero-order chi connectivity index (χ0) is 15.3. The fraction of sp³-hybridized carbons (Fsp3) is 0.357. The Kier molecular flexibility index (Phi) is 4.72. The van der Waals surface area contributed by atoms with Crippen molar-refractivity contribution in [3.8, 4) is 0 Å². The van der Waals surface area contributed by atoms with Gasteiger partial charge in [0, 0.05) is 19.5 Å². The highest BCUT2D eigenvalue weighted by atomic mass is 19.4. The van der Waals surface area contributed by atoms with Crippen LogP contribution in [0.2, 0.25) is 0 Å². The standard InChI is InChI=1S/C14H16F3N3O/c1-2-18-12-8-10(14(15,16)17)9-13(20-12)19-6-5-11-4-3-7-21-11/h3-4,7-9H,2,5-6H2,1H3,(H2,18,19,20). The van der Waals surface area contributed by atoms with Gasteiger partial charge in [-0.1, -0.05) is 0 Å². The van der Waals surface area contributed by atoms with E-state index in [9.17, 15) is 13.2 Å². The van der Waals surface area contributed by atoms with Crippen molar-refractivity contribution in [2.45, 2.75) is 19.5 Å². The molecule has 2 heterocycles. The highest BCUT2D eigenvalue weighted by Crippen LogP contribution is 2.32. The topological polar surface area (TPSA) is 50.1 Å². The zero-order valence-corrected chi connectivity index (χ0v) is 11.5. The quantitative estimate of drug-likeness (QED) is 0.852. The van der Waals surface area contributed by atoms with E-state index in [-0.39, 0.29) is 11.6 Å². The van der Waals surface area contributed by atoms with Gasteiger partial charge in [-0.2, -0.15) is 13.2 Å². The molecule has 2 aromatic heterocycles. The fourth-order valence-electron chi connectivity index (χ4n) is 1.83. The fourth-order valence-corrected chi connectivity index (χ4v) is 1.83. The average molecular weight is 299 g/mol. The SMILES string of the molecule is CCNc1cc(C(F)(F)F)cc(NCCc2ccco2)n1. The molecule has 0 bridgehead atoms. The molecule has 2 N–H and O–H groups in total. The smallest absolute Gasteiger partial charge is 0.416 e. The van der Waals surface area contributed by atoms with Gasteiger partial charge >= 0.3 is 6.18 Å². The molecule has 0 atom stereocenters. The van der Waals surface area contributed by atoms with Gasteiger partial charge in [0.25, 0.3) is 0 Å². The highest BCUT2D eigenvalue weighted by molar-refractivity contribution is 5.49. The molecule has 0 saturated heterocycles. The van der Waals surface area contributed by atoms with Crippen molar-refractivity contribution < 1.29 is 17.6 Å². The number of nitrogens with one attached hydrogen (secondary N) is 2. The molecule has 4 nitrogen and oxygen atoms in total. The lowest BCUT2D eigenvalue weighted by atomic mass is 10.2. The first-order valence-corrected chi connectivity index (χ1v) is 6.58. The molecule has 0 amide bonds. The summed E-state index contributed by atoms with van der Waals surface area (Å²) in [6.07, 6.45) is -2.27. The second-order valence-corrected chi connectivity index (χ2v) is 4.41. The van der Waals surface area contributed by atoms with E-state index in [0.29, 0.717) is 19.5 Å². The minimum Gasteiger partial charge on any atom is -0.469 e. The normalized spacial score (nSPS) is 11.4. The lowest BCUT2D eigenvalue weighted by molar-refractivity contribution is -0.137. The number of nitrogens with zero attached hydrogens (tertiary/aromatic N) is 1. The van der Waals surface area contributed by atoms with Crippen LogP contribution < -0.4 is 10.6 Å². The molecule has 0 aliphatic rings. The van der Waals surface area contributed by atoms with Crippen molar-refractivity contribution in [1.82, 2.24) is 4.98 Å². The van der Waals surface area contributed by atoms with E-state index in [1.165, 1.54) is 0 Å². The van der Waals surface area contributed by atoms with Gasteiger partial charge in [-0.3, -0.25) is 0 Å². The molecule has 0 spiro atoms. The second kappa shape index (κ2) is 6.51. The Bertz CT molecular complexity index is 567. The molecule has 2 aromatic rings. The van der Waals surface area contributed by atoms with Crippen LogP contribution in [0, 0.1) is 0 Å². The van der Waals surface area contributed by atoms with E-state index < -0.39 is 11.7 Å². The number of anilines is 2. The molecule has 0 saturated carbocycles. The van der Waals surface area contributed by atoms with Crippen LogP contribution in [0.1, 0.15) is 18.2 Å². The van der Waals surface area contributed by atoms with Gasteiger partial charge in [-0.05, 0) is 31.2 Å². The molecule has 0 fully saturated rings. The minimum absolute atomic E-state index is 0.187. The molecule has 0 radical (unpaired) electrons. The van der Waals surface area contributed by atoms with E-state index >= 15 is 0 Å². The van der Waals surface area contributed by atoms with E-state index in [2.05, 4.69) is 15.6 Å². The van der Waals surface area contributed by atoms with Crippen LogP contribution in [-0.2, 0) is 12.6 Å². The summed E-state index contributed by atoms with van der Waals surface area (Å²) in [6, 6.07) is 5.58. The Balaban J connectivity index is 2.08. The molecule has 2 rings (SSSR count). The molecular weight excluding hydrogens is 283 g/mol. The first-order valence-electron chi connectivity index (χ1n) is 6.58. The average Bonchev–Trinajstić information content (AvgIpc) is 2.91. The molecular formula is C14H16F3N3O. The largest absolute Gasteiger partial charge is 0.469 e. The van der Waals surface area contributed by atoms with Crippen molar-refractivity contribution in [3.63, 3.8) is 0 Å². The van der Waals surface area contributed by atoms with Gasteiger partial charge in [0.15, 0.2) is 0 Å². The van der Waals surface area contributed by atoms with Gasteiger partial charge in [0.2, 0.25) is 0 Å². The molecule has 7 heteroatoms. The third kappa shape index (κ3) is 4.40. The Morgan fingerprint density at radius 1 is 1.19 bits per heavy atom. The van der Waals surface area contributed by atoms with Crippen molar-refractivity contribution in [2.24, 2.45) is 0 Å². The van der Waals surface area contributed by atoms with Crippen LogP contribution in [-0.4, -0.2) is 18.1 Å². The summed E-state index contributed by atoms with van der Waals surface area (Å²) in [6.45, 7) is 2.74. The maximum Gasteiger partial charge on any atom is 0.416 e. The van der Waals surface area contributed by atoms with Gasteiger partial charge < -0.3 is 15.1 Å². The van der Waals surface area contributed by atoms with Crippen LogP contribution in [0.5, 0.6) is 0 Å². The van der Waals surface area contributed by atoms with Crippen LogP contribution >= 0.6 is 0 Å². The summed E-state index contributed by atoms with van der Waals surface area (Å²) in [7, 11) is 0. The lowest BCUT2D eigenvalue weighted by Gasteiger charge is -2.13. The molecule has 0 aliphatic carbocycles. The number of hydrogen-bond acceptors (Lipinski definition) is 4. The predicted molar refractivity (Wildman–Crippen MR) is 74.3 cm³/mol. The number of furan rings is 1. The first-order chi connectivity index (χ1) is 9.99. The Hall–Kier alpha value is -2.18. The van der Waals surface area contributed by atoms with E-state index in [0.717, 1.165) is 17.9 Å². The molecule has 0 aromatic carbocycles. The Labute approximate surface area is 120 Å². The predicted octanol–water partition coefficient (Wildman–Crippen LogP) is 3.78. The molecule has 21 heavy (non-hydrogen) atoms. The second-order valence-electron chi connectivity index (χ2n) is 4.41. The first kappa shape index (κ1) is 15.2. The summed E-state index contributed by atoms with van der Waals surface area (Å²) in [4.78, 5) is 4.10. The number of alkyl halides is 3. The van der Waals surface area contributed by atoms with Crippen LogP contribution in [0.15, 0.2) is 34.9 Å². The summed E-state index contributed by atoms with van der Waals surface area (Å²) >= 11 is 0. The van der Waals surface area contributed by atoms with Crippen molar-refractivity contribution in [1.29, 1.82) is 0 Å². The van der Waals surface area contributed by atoms with E-state index in [4.69, 9.17) is 4.42 Å². The number of aromatic nitrogens is 1. The maximum atomic E-state index is 12.8. The van der Waals surface area contributed by atoms with Gasteiger partial charge in [0.1, 0.15) is 17.4 Å². The monoisotopic (exact) mass is 299 g/mol. The lowest BCUT2D eigenvalue weighted by Crippen LogP contribution is -2.12. The summed E-state index contributed by atoms with van der Waals surface area (Å²) < 4.78 is 43.7. The summed E-state index contributed by atoms with van der Waals surface area (Å²) in [5, 5.41) is 5.68. The van der Waals surface area contributed by atoms with E-state index in [1.54, 1.807) is 19.3 Å². The zero-order valence-electron chi connectivity index (χ0n) is 11.5. The van der Waals surface area contributed by atoms with Gasteiger partial charge in [-0.15, -0.1) is 0 Å². The van der Waals surface area contributed by atoms with Crippen molar-refractivity contribution in [3.05, 3.63) is 41.9 Å². The van der Waals surface area contributed by atoms with Crippen LogP contribution in [0.25, 0.3) is 0 Å².